The maximum Gasteiger partial charge on any atom is 0.243 e. The van der Waals surface area contributed by atoms with E-state index in [1.165, 1.54) is 0 Å². The van der Waals surface area contributed by atoms with Gasteiger partial charge in [-0.15, -0.1) is 0 Å². The molecule has 1 atom stereocenters. The smallest absolute Gasteiger partial charge is 0.243 e. The van der Waals surface area contributed by atoms with Crippen molar-refractivity contribution in [1.82, 2.24) is 20.4 Å². The van der Waals surface area contributed by atoms with E-state index in [9.17, 15) is 9.59 Å². The first kappa shape index (κ1) is 16.0. The average Bonchev–Trinajstić information content (AvgIpc) is 3.18. The molecule has 2 aliphatic rings. The van der Waals surface area contributed by atoms with E-state index in [0.717, 1.165) is 44.5 Å². The third-order valence-corrected chi connectivity index (χ3v) is 4.99. The highest BCUT2D eigenvalue weighted by atomic mass is 16.2. The zero-order chi connectivity index (χ0) is 16.3. The Labute approximate surface area is 136 Å². The van der Waals surface area contributed by atoms with Crippen molar-refractivity contribution in [2.24, 2.45) is 5.73 Å². The highest BCUT2D eigenvalue weighted by molar-refractivity contribution is 5.90. The summed E-state index contributed by atoms with van der Waals surface area (Å²) in [6.45, 7) is 2.12. The van der Waals surface area contributed by atoms with Gasteiger partial charge >= 0.3 is 0 Å². The Morgan fingerprint density at radius 1 is 1.39 bits per heavy atom. The van der Waals surface area contributed by atoms with E-state index in [4.69, 9.17) is 5.73 Å². The van der Waals surface area contributed by atoms with Crippen LogP contribution in [0.1, 0.15) is 50.1 Å². The third-order valence-electron chi connectivity index (χ3n) is 4.99. The minimum Gasteiger partial charge on any atom is -0.368 e. The fourth-order valence-electron chi connectivity index (χ4n) is 3.65. The number of carbonyl (C=O) groups excluding carboxylic acids is 2. The minimum absolute atomic E-state index is 0.120. The summed E-state index contributed by atoms with van der Waals surface area (Å²) in [5.41, 5.74) is 5.66. The molecule has 2 heterocycles. The molecule has 0 radical (unpaired) electrons. The fourth-order valence-corrected chi connectivity index (χ4v) is 3.65. The molecule has 1 saturated carbocycles. The van der Waals surface area contributed by atoms with Crippen molar-refractivity contribution in [2.45, 2.75) is 56.5 Å². The maximum atomic E-state index is 12.3. The SMILES string of the molecule is NC(=O)C1(NC(=O)Cn2ccc([C@H]3CCCNC3)n2)CCCC1. The van der Waals surface area contributed by atoms with Gasteiger partial charge in [0.25, 0.3) is 0 Å². The molecule has 1 aromatic rings. The van der Waals surface area contributed by atoms with Crippen LogP contribution in [0.2, 0.25) is 0 Å². The van der Waals surface area contributed by atoms with Crippen LogP contribution >= 0.6 is 0 Å². The van der Waals surface area contributed by atoms with Crippen LogP contribution in [0, 0.1) is 0 Å². The van der Waals surface area contributed by atoms with Crippen LogP contribution in [0.3, 0.4) is 0 Å². The van der Waals surface area contributed by atoms with E-state index in [1.807, 2.05) is 12.3 Å². The molecular weight excluding hydrogens is 294 g/mol. The van der Waals surface area contributed by atoms with Crippen molar-refractivity contribution in [3.8, 4) is 0 Å². The van der Waals surface area contributed by atoms with Gasteiger partial charge in [0.2, 0.25) is 11.8 Å². The van der Waals surface area contributed by atoms with Crippen LogP contribution < -0.4 is 16.4 Å². The predicted molar refractivity (Wildman–Crippen MR) is 85.6 cm³/mol. The molecule has 1 aliphatic heterocycles. The summed E-state index contributed by atoms with van der Waals surface area (Å²) in [6.07, 6.45) is 7.21. The number of carbonyl (C=O) groups is 2. The molecule has 2 fully saturated rings. The highest BCUT2D eigenvalue weighted by Crippen LogP contribution is 2.29. The molecule has 7 heteroatoms. The molecule has 23 heavy (non-hydrogen) atoms. The normalized spacial score (nSPS) is 23.6. The number of amides is 2. The number of hydrogen-bond acceptors (Lipinski definition) is 4. The minimum atomic E-state index is -0.861. The molecular formula is C16H25N5O2. The van der Waals surface area contributed by atoms with Gasteiger partial charge in [-0.05, 0) is 38.3 Å². The average molecular weight is 319 g/mol. The van der Waals surface area contributed by atoms with E-state index in [1.54, 1.807) is 4.68 Å². The number of nitrogens with one attached hydrogen (secondary N) is 2. The van der Waals surface area contributed by atoms with Crippen LogP contribution in [0.5, 0.6) is 0 Å². The summed E-state index contributed by atoms with van der Waals surface area (Å²) < 4.78 is 1.64. The monoisotopic (exact) mass is 319 g/mol. The Hall–Kier alpha value is -1.89. The first-order chi connectivity index (χ1) is 11.1. The van der Waals surface area contributed by atoms with Crippen LogP contribution in [-0.2, 0) is 16.1 Å². The van der Waals surface area contributed by atoms with Gasteiger partial charge < -0.3 is 16.4 Å². The first-order valence-electron chi connectivity index (χ1n) is 8.44. The van der Waals surface area contributed by atoms with Crippen LogP contribution in [-0.4, -0.2) is 40.2 Å². The molecule has 1 aromatic heterocycles. The number of piperidine rings is 1. The first-order valence-corrected chi connectivity index (χ1v) is 8.44. The maximum absolute atomic E-state index is 12.3. The predicted octanol–water partition coefficient (Wildman–Crippen LogP) is 0.264. The standard InChI is InChI=1S/C16H25N5O2/c17-15(23)16(6-1-2-7-16)19-14(22)11-21-9-5-13(20-21)12-4-3-8-18-10-12/h5,9,12,18H,1-4,6-8,10-11H2,(H2,17,23)(H,19,22)/t12-/m0/s1. The van der Waals surface area contributed by atoms with Gasteiger partial charge in [-0.3, -0.25) is 14.3 Å². The van der Waals surface area contributed by atoms with Crippen LogP contribution in [0.4, 0.5) is 0 Å². The zero-order valence-electron chi connectivity index (χ0n) is 13.4. The summed E-state index contributed by atoms with van der Waals surface area (Å²) in [6, 6.07) is 1.98. The molecule has 1 saturated heterocycles. The molecule has 0 bridgehead atoms. The van der Waals surface area contributed by atoms with Gasteiger partial charge in [0.15, 0.2) is 0 Å². The Kier molecular flexibility index (Phi) is 4.66. The second kappa shape index (κ2) is 6.70. The Morgan fingerprint density at radius 2 is 2.17 bits per heavy atom. The number of rotatable bonds is 5. The molecule has 4 N–H and O–H groups in total. The topological polar surface area (TPSA) is 102 Å². The van der Waals surface area contributed by atoms with Crippen LogP contribution in [0.25, 0.3) is 0 Å². The second-order valence-corrected chi connectivity index (χ2v) is 6.68. The van der Waals surface area contributed by atoms with E-state index >= 15 is 0 Å². The largest absolute Gasteiger partial charge is 0.368 e. The number of primary amides is 1. The molecule has 0 unspecified atom stereocenters. The summed E-state index contributed by atoms with van der Waals surface area (Å²) >= 11 is 0. The number of aromatic nitrogens is 2. The van der Waals surface area contributed by atoms with Crippen LogP contribution in [0.15, 0.2) is 12.3 Å². The summed E-state index contributed by atoms with van der Waals surface area (Å²) in [5.74, 6) is -0.222. The van der Waals surface area contributed by atoms with E-state index in [-0.39, 0.29) is 12.5 Å². The van der Waals surface area contributed by atoms with Crippen molar-refractivity contribution in [2.75, 3.05) is 13.1 Å². The van der Waals surface area contributed by atoms with Gasteiger partial charge in [-0.2, -0.15) is 5.10 Å². The summed E-state index contributed by atoms with van der Waals surface area (Å²) in [4.78, 5) is 24.0. The van der Waals surface area contributed by atoms with Gasteiger partial charge in [-0.1, -0.05) is 12.8 Å². The lowest BCUT2D eigenvalue weighted by molar-refractivity contribution is -0.131. The fraction of sp³-hybridized carbons (Fsp3) is 0.688. The second-order valence-electron chi connectivity index (χ2n) is 6.68. The van der Waals surface area contributed by atoms with Gasteiger partial charge in [0.05, 0.1) is 5.69 Å². The van der Waals surface area contributed by atoms with Gasteiger partial charge in [0, 0.05) is 18.7 Å². The third kappa shape index (κ3) is 3.55. The summed E-state index contributed by atoms with van der Waals surface area (Å²) in [5, 5.41) is 10.7. The quantitative estimate of drug-likeness (QED) is 0.724. The lowest BCUT2D eigenvalue weighted by Crippen LogP contribution is -2.56. The molecule has 126 valence electrons. The lowest BCUT2D eigenvalue weighted by Gasteiger charge is -2.26. The van der Waals surface area contributed by atoms with E-state index < -0.39 is 11.4 Å². The number of hydrogen-bond donors (Lipinski definition) is 3. The van der Waals surface area contributed by atoms with Crippen molar-refractivity contribution in [3.63, 3.8) is 0 Å². The van der Waals surface area contributed by atoms with Crippen molar-refractivity contribution in [1.29, 1.82) is 0 Å². The molecule has 2 amide bonds. The molecule has 3 rings (SSSR count). The van der Waals surface area contributed by atoms with E-state index in [0.29, 0.717) is 18.8 Å². The van der Waals surface area contributed by atoms with Crippen molar-refractivity contribution < 1.29 is 9.59 Å². The molecule has 1 aliphatic carbocycles. The van der Waals surface area contributed by atoms with Crippen molar-refractivity contribution in [3.05, 3.63) is 18.0 Å². The molecule has 0 spiro atoms. The highest BCUT2D eigenvalue weighted by Gasteiger charge is 2.40. The Bertz CT molecular complexity index is 571. The number of nitrogens with zero attached hydrogens (tertiary/aromatic N) is 2. The zero-order valence-corrected chi connectivity index (χ0v) is 13.4. The number of nitrogens with two attached hydrogens (primary N) is 1. The van der Waals surface area contributed by atoms with E-state index in [2.05, 4.69) is 15.7 Å². The molecule has 7 nitrogen and oxygen atoms in total. The van der Waals surface area contributed by atoms with Crippen molar-refractivity contribution >= 4 is 11.8 Å². The van der Waals surface area contributed by atoms with Gasteiger partial charge in [0.1, 0.15) is 12.1 Å². The summed E-state index contributed by atoms with van der Waals surface area (Å²) in [7, 11) is 0. The Balaban J connectivity index is 1.59. The Morgan fingerprint density at radius 3 is 2.83 bits per heavy atom. The van der Waals surface area contributed by atoms with Gasteiger partial charge in [-0.25, -0.2) is 0 Å². The lowest BCUT2D eigenvalue weighted by atomic mass is 9.97. The molecule has 0 aromatic carbocycles.